The number of carboxylic acid groups (broad SMARTS) is 1. The van der Waals surface area contributed by atoms with E-state index in [1.807, 2.05) is 6.07 Å². The average molecular weight is 258 g/mol. The van der Waals surface area contributed by atoms with Gasteiger partial charge in [-0.2, -0.15) is 0 Å². The van der Waals surface area contributed by atoms with Crippen LogP contribution in [0.3, 0.4) is 0 Å². The van der Waals surface area contributed by atoms with Gasteiger partial charge in [-0.1, -0.05) is 24.3 Å². The number of para-hydroxylation sites is 1. The number of carboxylic acids is 1. The predicted molar refractivity (Wildman–Crippen MR) is 69.8 cm³/mol. The molecule has 3 N–H and O–H groups in total. The van der Waals surface area contributed by atoms with Crippen molar-refractivity contribution < 1.29 is 15.0 Å². The van der Waals surface area contributed by atoms with Crippen LogP contribution in [-0.2, 0) is 4.79 Å². The van der Waals surface area contributed by atoms with Crippen molar-refractivity contribution in [3.05, 3.63) is 59.9 Å². The molecule has 1 atom stereocenters. The third kappa shape index (κ3) is 3.29. The molecule has 0 aliphatic carbocycles. The molecule has 5 nitrogen and oxygen atoms in total. The first-order valence-corrected chi connectivity index (χ1v) is 5.82. The van der Waals surface area contributed by atoms with E-state index in [0.717, 1.165) is 0 Å². The molecule has 0 fully saturated rings. The van der Waals surface area contributed by atoms with Gasteiger partial charge in [0.2, 0.25) is 0 Å². The van der Waals surface area contributed by atoms with Crippen molar-refractivity contribution in [2.45, 2.75) is 6.04 Å². The number of rotatable bonds is 5. The Balaban J connectivity index is 2.35. The topological polar surface area (TPSA) is 82.5 Å². The van der Waals surface area contributed by atoms with Crippen molar-refractivity contribution in [1.29, 1.82) is 0 Å². The average Bonchev–Trinajstić information content (AvgIpc) is 2.42. The van der Waals surface area contributed by atoms with Crippen molar-refractivity contribution >= 4 is 5.97 Å². The molecule has 19 heavy (non-hydrogen) atoms. The van der Waals surface area contributed by atoms with Crippen LogP contribution in [0.1, 0.15) is 17.3 Å². The lowest BCUT2D eigenvalue weighted by atomic mass is 10.0. The quantitative estimate of drug-likeness (QED) is 0.758. The molecule has 2 aromatic rings. The van der Waals surface area contributed by atoms with E-state index < -0.39 is 12.0 Å². The van der Waals surface area contributed by atoms with Crippen LogP contribution in [0.2, 0.25) is 0 Å². The Kier molecular flexibility index (Phi) is 4.10. The molecule has 98 valence electrons. The van der Waals surface area contributed by atoms with E-state index in [2.05, 4.69) is 10.3 Å². The second kappa shape index (κ2) is 5.97. The zero-order valence-electron chi connectivity index (χ0n) is 10.2. The number of nitrogens with zero attached hydrogens (tertiary/aromatic N) is 1. The molecule has 1 aromatic carbocycles. The fourth-order valence-corrected chi connectivity index (χ4v) is 1.84. The van der Waals surface area contributed by atoms with E-state index in [1.54, 1.807) is 42.6 Å². The van der Waals surface area contributed by atoms with Crippen LogP contribution in [0, 0.1) is 0 Å². The number of pyridine rings is 1. The maximum Gasteiger partial charge on any atom is 0.317 e. The van der Waals surface area contributed by atoms with Crippen molar-refractivity contribution in [3.8, 4) is 5.75 Å². The van der Waals surface area contributed by atoms with Crippen LogP contribution >= 0.6 is 0 Å². The summed E-state index contributed by atoms with van der Waals surface area (Å²) >= 11 is 0. The second-order valence-electron chi connectivity index (χ2n) is 4.02. The Labute approximate surface area is 110 Å². The number of nitrogens with one attached hydrogen (secondary N) is 1. The molecule has 0 aliphatic heterocycles. The van der Waals surface area contributed by atoms with E-state index in [-0.39, 0.29) is 12.3 Å². The summed E-state index contributed by atoms with van der Waals surface area (Å²) in [5, 5.41) is 21.5. The largest absolute Gasteiger partial charge is 0.508 e. The number of carbonyl (C=O) groups is 1. The first kappa shape index (κ1) is 13.0. The molecule has 5 heteroatoms. The molecule has 1 heterocycles. The number of hydrogen-bond donors (Lipinski definition) is 3. The van der Waals surface area contributed by atoms with Crippen LogP contribution in [0.25, 0.3) is 0 Å². The monoisotopic (exact) mass is 258 g/mol. The van der Waals surface area contributed by atoms with Gasteiger partial charge in [0, 0.05) is 11.8 Å². The first-order valence-electron chi connectivity index (χ1n) is 5.82. The maximum atomic E-state index is 10.7. The molecule has 0 amide bonds. The molecular weight excluding hydrogens is 244 g/mol. The molecule has 0 radical (unpaired) electrons. The highest BCUT2D eigenvalue weighted by atomic mass is 16.4. The number of aromatic nitrogens is 1. The molecular formula is C14H14N2O3. The minimum Gasteiger partial charge on any atom is -0.508 e. The highest BCUT2D eigenvalue weighted by Gasteiger charge is 2.18. The number of benzene rings is 1. The highest BCUT2D eigenvalue weighted by molar-refractivity contribution is 5.69. The van der Waals surface area contributed by atoms with Gasteiger partial charge in [0.05, 0.1) is 18.3 Å². The van der Waals surface area contributed by atoms with Crippen LogP contribution < -0.4 is 5.32 Å². The Morgan fingerprint density at radius 1 is 1.21 bits per heavy atom. The smallest absolute Gasteiger partial charge is 0.317 e. The van der Waals surface area contributed by atoms with Gasteiger partial charge in [-0.15, -0.1) is 0 Å². The van der Waals surface area contributed by atoms with E-state index in [1.165, 1.54) is 0 Å². The second-order valence-corrected chi connectivity index (χ2v) is 4.02. The van der Waals surface area contributed by atoms with Crippen LogP contribution in [-0.4, -0.2) is 27.7 Å². The number of aromatic hydroxyl groups is 1. The summed E-state index contributed by atoms with van der Waals surface area (Å²) in [5.74, 6) is -0.854. The normalized spacial score (nSPS) is 12.0. The van der Waals surface area contributed by atoms with E-state index in [4.69, 9.17) is 5.11 Å². The van der Waals surface area contributed by atoms with Crippen molar-refractivity contribution in [3.63, 3.8) is 0 Å². The first-order chi connectivity index (χ1) is 9.18. The summed E-state index contributed by atoms with van der Waals surface area (Å²) in [7, 11) is 0. The maximum absolute atomic E-state index is 10.7. The SMILES string of the molecule is O=C(O)CN[C@H](c1ccccn1)c1ccccc1O. The van der Waals surface area contributed by atoms with Gasteiger partial charge < -0.3 is 10.2 Å². The van der Waals surface area contributed by atoms with Gasteiger partial charge >= 0.3 is 5.97 Å². The molecule has 0 bridgehead atoms. The molecule has 0 spiro atoms. The Morgan fingerprint density at radius 2 is 1.95 bits per heavy atom. The summed E-state index contributed by atoms with van der Waals surface area (Å²) in [5.41, 5.74) is 1.26. The fourth-order valence-electron chi connectivity index (χ4n) is 1.84. The zero-order valence-corrected chi connectivity index (χ0v) is 10.2. The van der Waals surface area contributed by atoms with Gasteiger partial charge in [0.25, 0.3) is 0 Å². The molecule has 0 aliphatic rings. The number of phenols is 1. The Hall–Kier alpha value is -2.40. The van der Waals surface area contributed by atoms with Crippen molar-refractivity contribution in [2.75, 3.05) is 6.54 Å². The molecule has 0 saturated carbocycles. The zero-order chi connectivity index (χ0) is 13.7. The molecule has 0 unspecified atom stereocenters. The highest BCUT2D eigenvalue weighted by Crippen LogP contribution is 2.27. The minimum absolute atomic E-state index is 0.107. The summed E-state index contributed by atoms with van der Waals surface area (Å²) in [6, 6.07) is 11.7. The van der Waals surface area contributed by atoms with Crippen LogP contribution in [0.4, 0.5) is 0 Å². The lowest BCUT2D eigenvalue weighted by molar-refractivity contribution is -0.136. The van der Waals surface area contributed by atoms with Crippen molar-refractivity contribution in [1.82, 2.24) is 10.3 Å². The van der Waals surface area contributed by atoms with Gasteiger partial charge in [-0.3, -0.25) is 15.1 Å². The van der Waals surface area contributed by atoms with E-state index >= 15 is 0 Å². The molecule has 0 saturated heterocycles. The lowest BCUT2D eigenvalue weighted by Gasteiger charge is -2.18. The third-order valence-electron chi connectivity index (χ3n) is 2.69. The number of hydrogen-bond acceptors (Lipinski definition) is 4. The third-order valence-corrected chi connectivity index (χ3v) is 2.69. The number of phenolic OH excluding ortho intramolecular Hbond substituents is 1. The Morgan fingerprint density at radius 3 is 2.58 bits per heavy atom. The summed E-state index contributed by atoms with van der Waals surface area (Å²) in [6.45, 7) is -0.213. The van der Waals surface area contributed by atoms with Crippen molar-refractivity contribution in [2.24, 2.45) is 0 Å². The standard InChI is InChI=1S/C14H14N2O3/c17-12-7-2-1-5-10(12)14(16-9-13(18)19)11-6-3-4-8-15-11/h1-8,14,16-17H,9H2,(H,18,19)/t14-/m0/s1. The molecule has 2 rings (SSSR count). The van der Waals surface area contributed by atoms with Gasteiger partial charge in [0.15, 0.2) is 0 Å². The minimum atomic E-state index is -0.962. The van der Waals surface area contributed by atoms with Crippen LogP contribution in [0.5, 0.6) is 5.75 Å². The number of aliphatic carboxylic acids is 1. The van der Waals surface area contributed by atoms with E-state index in [0.29, 0.717) is 11.3 Å². The summed E-state index contributed by atoms with van der Waals surface area (Å²) < 4.78 is 0. The molecule has 1 aromatic heterocycles. The summed E-state index contributed by atoms with van der Waals surface area (Å²) in [6.07, 6.45) is 1.63. The van der Waals surface area contributed by atoms with Crippen LogP contribution in [0.15, 0.2) is 48.7 Å². The van der Waals surface area contributed by atoms with Gasteiger partial charge in [-0.05, 0) is 18.2 Å². The fraction of sp³-hybridized carbons (Fsp3) is 0.143. The lowest BCUT2D eigenvalue weighted by Crippen LogP contribution is -2.28. The Bertz CT molecular complexity index is 558. The van der Waals surface area contributed by atoms with E-state index in [9.17, 15) is 9.90 Å². The summed E-state index contributed by atoms with van der Waals surface area (Å²) in [4.78, 5) is 14.9. The predicted octanol–water partition coefficient (Wildman–Crippen LogP) is 1.55. The van der Waals surface area contributed by atoms with Gasteiger partial charge in [0.1, 0.15) is 5.75 Å². The van der Waals surface area contributed by atoms with Gasteiger partial charge in [-0.25, -0.2) is 0 Å².